The Labute approximate surface area is 180 Å². The van der Waals surface area contributed by atoms with E-state index >= 15 is 0 Å². The van der Waals surface area contributed by atoms with E-state index in [0.29, 0.717) is 38.3 Å². The Balaban J connectivity index is 1.38. The molecule has 0 spiro atoms. The fraction of sp³-hybridized carbons (Fsp3) is 0.500. The van der Waals surface area contributed by atoms with E-state index in [4.69, 9.17) is 0 Å². The lowest BCUT2D eigenvalue weighted by Crippen LogP contribution is -2.54. The van der Waals surface area contributed by atoms with Crippen LogP contribution in [-0.2, 0) is 4.79 Å². The van der Waals surface area contributed by atoms with E-state index in [1.54, 1.807) is 6.92 Å². The molecule has 2 aliphatic heterocycles. The van der Waals surface area contributed by atoms with Gasteiger partial charge in [0, 0.05) is 63.2 Å². The molecule has 30 heavy (non-hydrogen) atoms. The number of nitrogens with zero attached hydrogens (tertiary/aromatic N) is 4. The molecule has 0 saturated carbocycles. The van der Waals surface area contributed by atoms with Crippen LogP contribution in [0.4, 0.5) is 0 Å². The van der Waals surface area contributed by atoms with Crippen molar-refractivity contribution in [2.24, 2.45) is 0 Å². The number of thiazole rings is 1. The lowest BCUT2D eigenvalue weighted by Gasteiger charge is -2.40. The molecular weight excluding hydrogens is 400 g/mol. The summed E-state index contributed by atoms with van der Waals surface area (Å²) in [5, 5.41) is 13.4. The summed E-state index contributed by atoms with van der Waals surface area (Å²) < 4.78 is 0. The van der Waals surface area contributed by atoms with Crippen LogP contribution >= 0.6 is 11.3 Å². The van der Waals surface area contributed by atoms with E-state index in [-0.39, 0.29) is 17.9 Å². The summed E-state index contributed by atoms with van der Waals surface area (Å²) in [7, 11) is 0. The molecule has 8 heteroatoms. The molecule has 0 radical (unpaired) electrons. The van der Waals surface area contributed by atoms with E-state index in [1.165, 1.54) is 11.3 Å². The van der Waals surface area contributed by atoms with Crippen LogP contribution in [0, 0.1) is 0 Å². The average Bonchev–Trinajstić information content (AvgIpc) is 3.18. The van der Waals surface area contributed by atoms with Crippen LogP contribution in [0.25, 0.3) is 10.6 Å². The predicted molar refractivity (Wildman–Crippen MR) is 116 cm³/mol. The fourth-order valence-corrected chi connectivity index (χ4v) is 5.12. The molecule has 1 aromatic carbocycles. The highest BCUT2D eigenvalue weighted by atomic mass is 32.1. The molecule has 2 fully saturated rings. The Morgan fingerprint density at radius 1 is 1.00 bits per heavy atom. The smallest absolute Gasteiger partial charge is 0.273 e. The van der Waals surface area contributed by atoms with Gasteiger partial charge in [-0.1, -0.05) is 30.3 Å². The van der Waals surface area contributed by atoms with Crippen LogP contribution in [0.2, 0.25) is 0 Å². The standard InChI is InChI=1S/C22H28N4O3S/c1-16(27)24-11-13-25(14-12-24)19-7-9-26(10-8-20(19)28)22(29)18-15-30-21(23-18)17-5-3-2-4-6-17/h2-6,15,19-20,28H,7-14H2,1H3/t19-,20-/m0/s1. The summed E-state index contributed by atoms with van der Waals surface area (Å²) in [6.45, 7) is 5.66. The van der Waals surface area contributed by atoms with Gasteiger partial charge in [-0.25, -0.2) is 4.98 Å². The number of aliphatic hydroxyl groups excluding tert-OH is 1. The van der Waals surface area contributed by atoms with Crippen molar-refractivity contribution in [1.82, 2.24) is 19.7 Å². The highest BCUT2D eigenvalue weighted by Crippen LogP contribution is 2.25. The summed E-state index contributed by atoms with van der Waals surface area (Å²) >= 11 is 1.48. The van der Waals surface area contributed by atoms with Gasteiger partial charge in [0.1, 0.15) is 10.7 Å². The molecule has 160 valence electrons. The SMILES string of the molecule is CC(=O)N1CCN([C@H]2CCN(C(=O)c3csc(-c4ccccc4)n3)CC[C@@H]2O)CC1. The van der Waals surface area contributed by atoms with Gasteiger partial charge < -0.3 is 14.9 Å². The number of carbonyl (C=O) groups excluding carboxylic acids is 2. The molecule has 2 atom stereocenters. The number of hydrogen-bond donors (Lipinski definition) is 1. The highest BCUT2D eigenvalue weighted by molar-refractivity contribution is 7.13. The first-order valence-corrected chi connectivity index (χ1v) is 11.4. The number of rotatable bonds is 3. The predicted octanol–water partition coefficient (Wildman–Crippen LogP) is 1.94. The normalized spacial score (nSPS) is 23.3. The Bertz CT molecular complexity index is 880. The lowest BCUT2D eigenvalue weighted by molar-refractivity contribution is -0.131. The molecule has 2 aliphatic rings. The average molecular weight is 429 g/mol. The Hall–Kier alpha value is -2.29. The molecule has 1 aromatic heterocycles. The van der Waals surface area contributed by atoms with Crippen molar-refractivity contribution in [2.75, 3.05) is 39.3 Å². The number of aromatic nitrogens is 1. The van der Waals surface area contributed by atoms with Crippen LogP contribution in [0.3, 0.4) is 0 Å². The minimum Gasteiger partial charge on any atom is -0.391 e. The maximum Gasteiger partial charge on any atom is 0.273 e. The van der Waals surface area contributed by atoms with Gasteiger partial charge in [-0.05, 0) is 12.8 Å². The molecule has 2 saturated heterocycles. The third-order valence-corrected chi connectivity index (χ3v) is 6.98. The maximum absolute atomic E-state index is 13.0. The Kier molecular flexibility index (Phi) is 6.46. The van der Waals surface area contributed by atoms with E-state index in [0.717, 1.165) is 30.1 Å². The quantitative estimate of drug-likeness (QED) is 0.809. The summed E-state index contributed by atoms with van der Waals surface area (Å²) in [6, 6.07) is 9.89. The molecule has 0 unspecified atom stereocenters. The zero-order valence-electron chi connectivity index (χ0n) is 17.2. The number of amides is 2. The number of piperazine rings is 1. The zero-order chi connectivity index (χ0) is 21.1. The first-order chi connectivity index (χ1) is 14.5. The van der Waals surface area contributed by atoms with Gasteiger partial charge in [-0.3, -0.25) is 14.5 Å². The summed E-state index contributed by atoms with van der Waals surface area (Å²) in [4.78, 5) is 35.1. The van der Waals surface area contributed by atoms with Gasteiger partial charge >= 0.3 is 0 Å². The van der Waals surface area contributed by atoms with Crippen molar-refractivity contribution >= 4 is 23.2 Å². The minimum atomic E-state index is -0.470. The minimum absolute atomic E-state index is 0.0206. The second kappa shape index (κ2) is 9.24. The van der Waals surface area contributed by atoms with E-state index in [1.807, 2.05) is 45.5 Å². The van der Waals surface area contributed by atoms with Gasteiger partial charge in [-0.2, -0.15) is 0 Å². The zero-order valence-corrected chi connectivity index (χ0v) is 18.1. The van der Waals surface area contributed by atoms with Gasteiger partial charge in [0.15, 0.2) is 0 Å². The summed E-state index contributed by atoms with van der Waals surface area (Å²) in [6.07, 6.45) is 0.809. The van der Waals surface area contributed by atoms with E-state index < -0.39 is 6.10 Å². The van der Waals surface area contributed by atoms with Gasteiger partial charge in [0.2, 0.25) is 5.91 Å². The largest absolute Gasteiger partial charge is 0.391 e. The third-order valence-electron chi connectivity index (χ3n) is 6.09. The summed E-state index contributed by atoms with van der Waals surface area (Å²) in [5.74, 6) is 0.0358. The fourth-order valence-electron chi connectivity index (χ4n) is 4.32. The molecule has 0 aliphatic carbocycles. The second-order valence-electron chi connectivity index (χ2n) is 7.95. The van der Waals surface area contributed by atoms with Crippen LogP contribution in [0.1, 0.15) is 30.3 Å². The van der Waals surface area contributed by atoms with Gasteiger partial charge in [0.25, 0.3) is 5.91 Å². The van der Waals surface area contributed by atoms with Crippen molar-refractivity contribution in [2.45, 2.75) is 31.9 Å². The third kappa shape index (κ3) is 4.55. The van der Waals surface area contributed by atoms with Crippen LogP contribution < -0.4 is 0 Å². The Morgan fingerprint density at radius 2 is 1.70 bits per heavy atom. The van der Waals surface area contributed by atoms with Crippen molar-refractivity contribution in [3.8, 4) is 10.6 Å². The molecule has 3 heterocycles. The molecule has 7 nitrogen and oxygen atoms in total. The molecule has 2 aromatic rings. The lowest BCUT2D eigenvalue weighted by atomic mass is 10.0. The van der Waals surface area contributed by atoms with Crippen molar-refractivity contribution in [3.63, 3.8) is 0 Å². The molecular formula is C22H28N4O3S. The van der Waals surface area contributed by atoms with Crippen LogP contribution in [0.5, 0.6) is 0 Å². The highest BCUT2D eigenvalue weighted by Gasteiger charge is 2.33. The number of hydrogen-bond acceptors (Lipinski definition) is 6. The van der Waals surface area contributed by atoms with Gasteiger partial charge in [-0.15, -0.1) is 11.3 Å². The van der Waals surface area contributed by atoms with Crippen molar-refractivity contribution in [3.05, 3.63) is 41.4 Å². The first-order valence-electron chi connectivity index (χ1n) is 10.5. The molecule has 4 rings (SSSR count). The number of benzene rings is 1. The number of carbonyl (C=O) groups is 2. The van der Waals surface area contributed by atoms with Gasteiger partial charge in [0.05, 0.1) is 6.10 Å². The van der Waals surface area contributed by atoms with Crippen LogP contribution in [-0.4, -0.2) is 88.0 Å². The number of likely N-dealkylation sites (tertiary alicyclic amines) is 1. The second-order valence-corrected chi connectivity index (χ2v) is 8.81. The maximum atomic E-state index is 13.0. The van der Waals surface area contributed by atoms with Crippen LogP contribution in [0.15, 0.2) is 35.7 Å². The van der Waals surface area contributed by atoms with E-state index in [2.05, 4.69) is 9.88 Å². The molecule has 1 N–H and O–H groups in total. The Morgan fingerprint density at radius 3 is 2.40 bits per heavy atom. The number of aliphatic hydroxyl groups is 1. The topological polar surface area (TPSA) is 77.0 Å². The monoisotopic (exact) mass is 428 g/mol. The first kappa shape index (κ1) is 21.0. The van der Waals surface area contributed by atoms with E-state index in [9.17, 15) is 14.7 Å². The summed E-state index contributed by atoms with van der Waals surface area (Å²) in [5.41, 5.74) is 1.49. The molecule has 0 bridgehead atoms. The van der Waals surface area contributed by atoms with Crippen molar-refractivity contribution < 1.29 is 14.7 Å². The van der Waals surface area contributed by atoms with Crippen molar-refractivity contribution in [1.29, 1.82) is 0 Å². The molecule has 2 amide bonds.